The Kier molecular flexibility index (Phi) is 36.8. The van der Waals surface area contributed by atoms with Crippen LogP contribution in [0.3, 0.4) is 0 Å². The first-order chi connectivity index (χ1) is 11.9. The Balaban J connectivity index is -0.0000000840. The van der Waals surface area contributed by atoms with Gasteiger partial charge in [0.25, 0.3) is 0 Å². The molecule has 0 heterocycles. The third-order valence-corrected chi connectivity index (χ3v) is 3.56. The highest BCUT2D eigenvalue weighted by Crippen LogP contribution is 2.23. The van der Waals surface area contributed by atoms with Crippen LogP contribution in [0.5, 0.6) is 0 Å². The first-order valence-corrected chi connectivity index (χ1v) is 11.0. The van der Waals surface area contributed by atoms with E-state index in [0.29, 0.717) is 0 Å². The zero-order valence-corrected chi connectivity index (χ0v) is 20.2. The van der Waals surface area contributed by atoms with E-state index >= 15 is 0 Å². The summed E-state index contributed by atoms with van der Waals surface area (Å²) in [6, 6.07) is 8.74. The fourth-order valence-electron chi connectivity index (χ4n) is 2.18. The molecule has 26 heavy (non-hydrogen) atoms. The lowest BCUT2D eigenvalue weighted by Gasteiger charge is -2.18. The van der Waals surface area contributed by atoms with Crippen molar-refractivity contribution in [2.75, 3.05) is 0 Å². The van der Waals surface area contributed by atoms with E-state index in [0.717, 1.165) is 5.92 Å². The van der Waals surface area contributed by atoms with Crippen molar-refractivity contribution < 1.29 is 0 Å². The highest BCUT2D eigenvalue weighted by Gasteiger charge is 2.11. The number of hydrogen-bond donors (Lipinski definition) is 0. The van der Waals surface area contributed by atoms with Crippen LogP contribution in [-0.2, 0) is 5.41 Å². The lowest BCUT2D eigenvalue weighted by atomic mass is 9.87. The maximum absolute atomic E-state index is 2.34. The van der Waals surface area contributed by atoms with Crippen LogP contribution in [-0.4, -0.2) is 0 Å². The van der Waals surface area contributed by atoms with E-state index in [-0.39, 0.29) is 12.8 Å². The van der Waals surface area contributed by atoms with Crippen LogP contribution in [0.4, 0.5) is 0 Å². The van der Waals surface area contributed by atoms with E-state index in [4.69, 9.17) is 0 Å². The predicted molar refractivity (Wildman–Crippen MR) is 130 cm³/mol. The van der Waals surface area contributed by atoms with Gasteiger partial charge in [0.05, 0.1) is 0 Å². The van der Waals surface area contributed by atoms with E-state index in [1.165, 1.54) is 36.8 Å². The molecule has 0 radical (unpaired) electrons. The van der Waals surface area contributed by atoms with Crippen molar-refractivity contribution >= 4 is 0 Å². The highest BCUT2D eigenvalue weighted by molar-refractivity contribution is 5.26. The Morgan fingerprint density at radius 2 is 1.00 bits per heavy atom. The maximum atomic E-state index is 2.34. The second kappa shape index (κ2) is 26.4. The minimum Gasteiger partial charge on any atom is -0.0776 e. The van der Waals surface area contributed by atoms with Gasteiger partial charge in [0.2, 0.25) is 0 Å². The van der Waals surface area contributed by atoms with Crippen LogP contribution in [0.15, 0.2) is 24.3 Å². The third kappa shape index (κ3) is 23.2. The molecule has 0 aliphatic heterocycles. The van der Waals surface area contributed by atoms with E-state index in [1.807, 2.05) is 55.4 Å². The van der Waals surface area contributed by atoms with Gasteiger partial charge in [-0.05, 0) is 23.8 Å². The molecular weight excluding hydrogens is 312 g/mol. The normalized spacial score (nSPS) is 11.7. The molecule has 1 aliphatic rings. The molecule has 1 aromatic carbocycles. The zero-order valence-electron chi connectivity index (χ0n) is 20.2. The smallest absolute Gasteiger partial charge is 0.0132 e. The quantitative estimate of drug-likeness (QED) is 0.427. The molecule has 0 heteroatoms. The van der Waals surface area contributed by atoms with Crippen LogP contribution in [0.25, 0.3) is 0 Å². The largest absolute Gasteiger partial charge is 0.0776 e. The van der Waals surface area contributed by atoms with Crippen molar-refractivity contribution in [3.63, 3.8) is 0 Å². The summed E-state index contributed by atoms with van der Waals surface area (Å²) < 4.78 is 0. The molecule has 0 unspecified atom stereocenters. The van der Waals surface area contributed by atoms with Gasteiger partial charge in [-0.3, -0.25) is 0 Å². The molecule has 1 fully saturated rings. The summed E-state index contributed by atoms with van der Waals surface area (Å²) in [7, 11) is 0. The average Bonchev–Trinajstić information content (AvgIpc) is 3.13. The fourth-order valence-corrected chi connectivity index (χ4v) is 2.18. The average molecular weight is 369 g/mol. The molecule has 0 saturated heterocycles. The summed E-state index contributed by atoms with van der Waals surface area (Å²) in [5.41, 5.74) is 3.02. The summed E-state index contributed by atoms with van der Waals surface area (Å²) in [6.45, 7) is 27.2. The Bertz CT molecular complexity index is 307. The molecule has 2 rings (SSSR count). The molecule has 0 amide bonds. The Labute approximate surface area is 170 Å². The van der Waals surface area contributed by atoms with Crippen LogP contribution >= 0.6 is 0 Å². The monoisotopic (exact) mass is 368 g/mol. The summed E-state index contributed by atoms with van der Waals surface area (Å²) in [6.07, 6.45) is 5.95. The van der Waals surface area contributed by atoms with Gasteiger partial charge in [0.15, 0.2) is 0 Å². The van der Waals surface area contributed by atoms with Gasteiger partial charge in [-0.15, -0.1) is 0 Å². The second-order valence-corrected chi connectivity index (χ2v) is 6.51. The van der Waals surface area contributed by atoms with Gasteiger partial charge < -0.3 is 0 Å². The second-order valence-electron chi connectivity index (χ2n) is 6.51. The number of benzene rings is 1. The zero-order chi connectivity index (χ0) is 20.9. The molecule has 0 atom stereocenters. The molecule has 0 bridgehead atoms. The van der Waals surface area contributed by atoms with Crippen molar-refractivity contribution in [3.8, 4) is 0 Å². The SMILES string of the molecule is C.CC.CC.CC.CC.CC1CCCC1.Cc1ccc(C(C)(C)C)cc1. The minimum absolute atomic E-state index is 0. The van der Waals surface area contributed by atoms with E-state index in [9.17, 15) is 0 Å². The van der Waals surface area contributed by atoms with Gasteiger partial charge in [0, 0.05) is 0 Å². The van der Waals surface area contributed by atoms with E-state index < -0.39 is 0 Å². The molecule has 0 nitrogen and oxygen atoms in total. The van der Waals surface area contributed by atoms with Crippen molar-refractivity contribution in [3.05, 3.63) is 35.4 Å². The standard InChI is InChI=1S/C11H16.C6H12.4C2H6.CH4/c1-9-5-7-10(8-6-9)11(2,3)4;1-6-4-2-3-5-6;4*1-2;/h5-8H,1-4H3;6H,2-5H2,1H3;4*1-2H3;1H4. The molecule has 0 N–H and O–H groups in total. The van der Waals surface area contributed by atoms with Gasteiger partial charge >= 0.3 is 0 Å². The predicted octanol–water partition coefficient (Wildman–Crippen LogP) is 10.2. The summed E-state index contributed by atoms with van der Waals surface area (Å²) in [5.74, 6) is 1.05. The van der Waals surface area contributed by atoms with Crippen LogP contribution in [0.1, 0.15) is 127 Å². The molecule has 1 saturated carbocycles. The van der Waals surface area contributed by atoms with Crippen LogP contribution in [0, 0.1) is 12.8 Å². The maximum Gasteiger partial charge on any atom is -0.0132 e. The number of hydrogen-bond acceptors (Lipinski definition) is 0. The molecule has 0 aromatic heterocycles. The third-order valence-electron chi connectivity index (χ3n) is 3.56. The van der Waals surface area contributed by atoms with Gasteiger partial charge in [-0.25, -0.2) is 0 Å². The first-order valence-electron chi connectivity index (χ1n) is 11.0. The van der Waals surface area contributed by atoms with E-state index in [2.05, 4.69) is 58.9 Å². The molecule has 1 aromatic rings. The van der Waals surface area contributed by atoms with Crippen molar-refractivity contribution in [2.45, 2.75) is 129 Å². The molecular formula is C26H56. The Hall–Kier alpha value is -0.780. The highest BCUT2D eigenvalue weighted by atomic mass is 14.2. The molecule has 1 aliphatic carbocycles. The number of aryl methyl sites for hydroxylation is 1. The van der Waals surface area contributed by atoms with Crippen LogP contribution < -0.4 is 0 Å². The van der Waals surface area contributed by atoms with Gasteiger partial charge in [-0.1, -0.05) is 146 Å². The van der Waals surface area contributed by atoms with Crippen LogP contribution in [0.2, 0.25) is 0 Å². The summed E-state index contributed by atoms with van der Waals surface area (Å²) >= 11 is 0. The lowest BCUT2D eigenvalue weighted by Crippen LogP contribution is -2.10. The number of rotatable bonds is 0. The summed E-state index contributed by atoms with van der Waals surface area (Å²) in [5, 5.41) is 0. The van der Waals surface area contributed by atoms with Gasteiger partial charge in [-0.2, -0.15) is 0 Å². The lowest BCUT2D eigenvalue weighted by molar-refractivity contribution is 0.590. The Morgan fingerprint density at radius 1 is 0.692 bits per heavy atom. The van der Waals surface area contributed by atoms with Crippen molar-refractivity contribution in [2.24, 2.45) is 5.92 Å². The fraction of sp³-hybridized carbons (Fsp3) is 0.769. The molecule has 0 spiro atoms. The minimum atomic E-state index is 0. The molecule has 160 valence electrons. The van der Waals surface area contributed by atoms with Gasteiger partial charge in [0.1, 0.15) is 0 Å². The van der Waals surface area contributed by atoms with Crippen molar-refractivity contribution in [1.29, 1.82) is 0 Å². The Morgan fingerprint density at radius 3 is 1.19 bits per heavy atom. The topological polar surface area (TPSA) is 0 Å². The summed E-state index contributed by atoms with van der Waals surface area (Å²) in [4.78, 5) is 0. The van der Waals surface area contributed by atoms with E-state index in [1.54, 1.807) is 0 Å². The first kappa shape index (κ1) is 36.2. The van der Waals surface area contributed by atoms with Crippen molar-refractivity contribution in [1.82, 2.24) is 0 Å².